The summed E-state index contributed by atoms with van der Waals surface area (Å²) >= 11 is 1.84. The molecule has 0 spiro atoms. The number of hydrogen-bond acceptors (Lipinski definition) is 5. The molecule has 1 amide bonds. The summed E-state index contributed by atoms with van der Waals surface area (Å²) < 4.78 is 0. The van der Waals surface area contributed by atoms with E-state index in [1.54, 1.807) is 6.33 Å². The fourth-order valence-corrected chi connectivity index (χ4v) is 6.01. The molecule has 1 aromatic carbocycles. The number of carbonyl (C=O) groups excluding carboxylic acids is 1. The van der Waals surface area contributed by atoms with Gasteiger partial charge in [0.15, 0.2) is 6.54 Å². The van der Waals surface area contributed by atoms with E-state index in [4.69, 9.17) is 0 Å². The van der Waals surface area contributed by atoms with Crippen LogP contribution < -0.4 is 15.1 Å². The van der Waals surface area contributed by atoms with Crippen molar-refractivity contribution in [1.29, 1.82) is 0 Å². The van der Waals surface area contributed by atoms with Crippen LogP contribution in [-0.4, -0.2) is 48.6 Å². The molecule has 5 rings (SSSR count). The number of benzene rings is 1. The normalized spacial score (nSPS) is 16.8. The first kappa shape index (κ1) is 19.5. The van der Waals surface area contributed by atoms with E-state index in [9.17, 15) is 4.79 Å². The highest BCUT2D eigenvalue weighted by atomic mass is 32.1. The third kappa shape index (κ3) is 3.56. The molecule has 1 aliphatic carbocycles. The zero-order valence-corrected chi connectivity index (χ0v) is 18.4. The Labute approximate surface area is 180 Å². The first-order chi connectivity index (χ1) is 14.6. The molecular weight excluding hydrogens is 394 g/mol. The number of aromatic nitrogens is 2. The van der Waals surface area contributed by atoms with Gasteiger partial charge in [-0.15, -0.1) is 11.3 Å². The molecule has 156 valence electrons. The Morgan fingerprint density at radius 2 is 1.93 bits per heavy atom. The number of aryl methyl sites for hydroxylation is 4. The van der Waals surface area contributed by atoms with E-state index in [0.29, 0.717) is 6.54 Å². The summed E-state index contributed by atoms with van der Waals surface area (Å²) in [5, 5.41) is 4.41. The number of fused-ring (bicyclic) bond motifs is 3. The van der Waals surface area contributed by atoms with E-state index in [2.05, 4.69) is 20.2 Å². The van der Waals surface area contributed by atoms with Gasteiger partial charge in [0.1, 0.15) is 17.0 Å². The fourth-order valence-electron chi connectivity index (χ4n) is 4.79. The van der Waals surface area contributed by atoms with Gasteiger partial charge in [-0.05, 0) is 49.8 Å². The number of piperazine rings is 1. The van der Waals surface area contributed by atoms with Crippen LogP contribution in [0.2, 0.25) is 0 Å². The summed E-state index contributed by atoms with van der Waals surface area (Å²) in [7, 11) is 0. The highest BCUT2D eigenvalue weighted by Crippen LogP contribution is 2.40. The number of amides is 1. The highest BCUT2D eigenvalue weighted by molar-refractivity contribution is 7.19. The molecule has 7 heteroatoms. The molecule has 0 atom stereocenters. The molecule has 1 fully saturated rings. The standard InChI is InChI=1S/C23H27N5OS/c1-15-5-3-6-16(2)21(15)26-19(29)13-27-9-11-28(12-10-27)22-20-17-7-4-8-18(17)30-23(20)25-14-24-22/h3,5-6,14H,4,7-13H2,1-2H3,(H,26,29)/p+1. The first-order valence-corrected chi connectivity index (χ1v) is 11.6. The van der Waals surface area contributed by atoms with Gasteiger partial charge in [-0.25, -0.2) is 9.97 Å². The Morgan fingerprint density at radius 1 is 1.17 bits per heavy atom. The van der Waals surface area contributed by atoms with Gasteiger partial charge in [0.05, 0.1) is 31.6 Å². The van der Waals surface area contributed by atoms with Crippen LogP contribution in [0.3, 0.4) is 0 Å². The summed E-state index contributed by atoms with van der Waals surface area (Å²) in [5.74, 6) is 1.19. The second-order valence-electron chi connectivity index (χ2n) is 8.46. The summed E-state index contributed by atoms with van der Waals surface area (Å²) in [5.41, 5.74) is 4.65. The van der Waals surface area contributed by atoms with Crippen LogP contribution in [0, 0.1) is 13.8 Å². The molecule has 2 N–H and O–H groups in total. The van der Waals surface area contributed by atoms with E-state index in [1.807, 2.05) is 43.4 Å². The summed E-state index contributed by atoms with van der Waals surface area (Å²) in [4.78, 5) is 28.2. The molecule has 0 radical (unpaired) electrons. The number of thiophene rings is 1. The van der Waals surface area contributed by atoms with Gasteiger partial charge in [0.2, 0.25) is 0 Å². The molecular formula is C23H28N5OS+. The van der Waals surface area contributed by atoms with Crippen LogP contribution >= 0.6 is 11.3 Å². The van der Waals surface area contributed by atoms with Crippen molar-refractivity contribution in [3.63, 3.8) is 0 Å². The Morgan fingerprint density at radius 3 is 2.70 bits per heavy atom. The van der Waals surface area contributed by atoms with Crippen molar-refractivity contribution in [2.75, 3.05) is 42.9 Å². The second-order valence-corrected chi connectivity index (χ2v) is 9.55. The van der Waals surface area contributed by atoms with Gasteiger partial charge >= 0.3 is 0 Å². The molecule has 6 nitrogen and oxygen atoms in total. The van der Waals surface area contributed by atoms with Crippen molar-refractivity contribution >= 4 is 39.0 Å². The number of nitrogens with one attached hydrogen (secondary N) is 2. The monoisotopic (exact) mass is 422 g/mol. The summed E-state index contributed by atoms with van der Waals surface area (Å²) in [6, 6.07) is 6.10. The number of quaternary nitrogens is 1. The largest absolute Gasteiger partial charge is 0.345 e. The molecule has 2 aliphatic rings. The van der Waals surface area contributed by atoms with E-state index in [1.165, 1.54) is 33.6 Å². The average Bonchev–Trinajstić information content (AvgIpc) is 3.32. The lowest BCUT2D eigenvalue weighted by molar-refractivity contribution is -0.892. The highest BCUT2D eigenvalue weighted by Gasteiger charge is 2.27. The lowest BCUT2D eigenvalue weighted by Gasteiger charge is -2.33. The van der Waals surface area contributed by atoms with Gasteiger partial charge < -0.3 is 15.1 Å². The van der Waals surface area contributed by atoms with Crippen molar-refractivity contribution in [2.45, 2.75) is 33.1 Å². The predicted octanol–water partition coefficient (Wildman–Crippen LogP) is 2.14. The first-order valence-electron chi connectivity index (χ1n) is 10.8. The average molecular weight is 423 g/mol. The fraction of sp³-hybridized carbons (Fsp3) is 0.435. The molecule has 0 saturated carbocycles. The minimum atomic E-state index is 0.0935. The van der Waals surface area contributed by atoms with E-state index in [0.717, 1.165) is 60.1 Å². The zero-order valence-electron chi connectivity index (χ0n) is 17.6. The smallest absolute Gasteiger partial charge is 0.279 e. The van der Waals surface area contributed by atoms with Gasteiger partial charge in [-0.3, -0.25) is 4.79 Å². The molecule has 3 aromatic rings. The Balaban J connectivity index is 1.24. The number of nitrogens with zero attached hydrogens (tertiary/aromatic N) is 3. The molecule has 3 heterocycles. The maximum absolute atomic E-state index is 12.6. The number of para-hydroxylation sites is 1. The number of anilines is 2. The summed E-state index contributed by atoms with van der Waals surface area (Å²) in [6.07, 6.45) is 5.29. The van der Waals surface area contributed by atoms with Crippen molar-refractivity contribution in [3.8, 4) is 0 Å². The van der Waals surface area contributed by atoms with Crippen LogP contribution in [-0.2, 0) is 17.6 Å². The van der Waals surface area contributed by atoms with E-state index >= 15 is 0 Å². The lowest BCUT2D eigenvalue weighted by Crippen LogP contribution is -3.15. The summed E-state index contributed by atoms with van der Waals surface area (Å²) in [6.45, 7) is 8.31. The molecule has 1 saturated heterocycles. The quantitative estimate of drug-likeness (QED) is 0.676. The SMILES string of the molecule is Cc1cccc(C)c1NC(=O)C[NH+]1CCN(c2ncnc3sc4c(c23)CCC4)CC1. The second kappa shape index (κ2) is 7.96. The lowest BCUT2D eigenvalue weighted by atomic mass is 10.1. The molecule has 30 heavy (non-hydrogen) atoms. The number of hydrogen-bond donors (Lipinski definition) is 2. The third-order valence-corrected chi connectivity index (χ3v) is 7.61. The van der Waals surface area contributed by atoms with Crippen molar-refractivity contribution in [3.05, 3.63) is 46.1 Å². The third-order valence-electron chi connectivity index (χ3n) is 6.41. The minimum absolute atomic E-state index is 0.0935. The molecule has 0 bridgehead atoms. The predicted molar refractivity (Wildman–Crippen MR) is 122 cm³/mol. The van der Waals surface area contributed by atoms with Gasteiger partial charge in [0, 0.05) is 10.6 Å². The van der Waals surface area contributed by atoms with Gasteiger partial charge in [0.25, 0.3) is 5.91 Å². The zero-order chi connectivity index (χ0) is 20.7. The van der Waals surface area contributed by atoms with Gasteiger partial charge in [-0.1, -0.05) is 18.2 Å². The Bertz CT molecular complexity index is 1080. The van der Waals surface area contributed by atoms with Crippen LogP contribution in [0.15, 0.2) is 24.5 Å². The van der Waals surface area contributed by atoms with Crippen LogP contribution in [0.1, 0.15) is 28.0 Å². The Hall–Kier alpha value is -2.51. The van der Waals surface area contributed by atoms with Crippen LogP contribution in [0.4, 0.5) is 11.5 Å². The molecule has 2 aromatic heterocycles. The topological polar surface area (TPSA) is 62.6 Å². The van der Waals surface area contributed by atoms with E-state index < -0.39 is 0 Å². The number of rotatable bonds is 4. The Kier molecular flexibility index (Phi) is 5.16. The van der Waals surface area contributed by atoms with Crippen LogP contribution in [0.25, 0.3) is 10.2 Å². The maximum Gasteiger partial charge on any atom is 0.279 e. The van der Waals surface area contributed by atoms with Gasteiger partial charge in [-0.2, -0.15) is 0 Å². The molecule has 1 aliphatic heterocycles. The van der Waals surface area contributed by atoms with Crippen LogP contribution in [0.5, 0.6) is 0 Å². The van der Waals surface area contributed by atoms with Crippen molar-refractivity contribution in [1.82, 2.24) is 9.97 Å². The van der Waals surface area contributed by atoms with Crippen molar-refractivity contribution < 1.29 is 9.69 Å². The van der Waals surface area contributed by atoms with E-state index in [-0.39, 0.29) is 5.91 Å². The van der Waals surface area contributed by atoms with Crippen molar-refractivity contribution in [2.24, 2.45) is 0 Å². The molecule has 0 unspecified atom stereocenters. The maximum atomic E-state index is 12.6. The minimum Gasteiger partial charge on any atom is -0.345 e. The number of carbonyl (C=O) groups is 1.